The van der Waals surface area contributed by atoms with E-state index in [1.54, 1.807) is 18.1 Å². The summed E-state index contributed by atoms with van der Waals surface area (Å²) in [6.45, 7) is 4.03. The van der Waals surface area contributed by atoms with Gasteiger partial charge in [0.15, 0.2) is 5.16 Å². The first-order valence-electron chi connectivity index (χ1n) is 7.73. The second-order valence-electron chi connectivity index (χ2n) is 5.63. The maximum absolute atomic E-state index is 4.66. The minimum Gasteiger partial charge on any atom is -0.277 e. The van der Waals surface area contributed by atoms with Gasteiger partial charge in [-0.1, -0.05) is 30.0 Å². The molecule has 0 N–H and O–H groups in total. The Bertz CT molecular complexity index is 1040. The lowest BCUT2D eigenvalue weighted by Crippen LogP contribution is -1.96. The van der Waals surface area contributed by atoms with E-state index in [2.05, 4.69) is 43.0 Å². The van der Waals surface area contributed by atoms with Gasteiger partial charge in [0.1, 0.15) is 10.9 Å². The second-order valence-corrected chi connectivity index (χ2v) is 7.32. The molecule has 0 spiro atoms. The molecule has 3 aromatic heterocycles. The van der Waals surface area contributed by atoms with Gasteiger partial charge in [-0.15, -0.1) is 10.2 Å². The number of imidazole rings is 1. The van der Waals surface area contributed by atoms with E-state index in [1.165, 1.54) is 0 Å². The summed E-state index contributed by atoms with van der Waals surface area (Å²) >= 11 is 5.26. The van der Waals surface area contributed by atoms with E-state index in [4.69, 9.17) is 0 Å². The minimum absolute atomic E-state index is 0.675. The molecule has 4 aromatic rings. The second kappa shape index (κ2) is 6.61. The lowest BCUT2D eigenvalue weighted by Gasteiger charge is -2.05. The summed E-state index contributed by atoms with van der Waals surface area (Å²) in [5, 5.41) is 9.11. The van der Waals surface area contributed by atoms with Crippen LogP contribution < -0.4 is 0 Å². The molecule has 0 aliphatic heterocycles. The van der Waals surface area contributed by atoms with Crippen molar-refractivity contribution in [2.75, 3.05) is 0 Å². The number of fused-ring (bicyclic) bond motifs is 1. The van der Waals surface area contributed by atoms with Crippen LogP contribution in [0, 0.1) is 13.8 Å². The Morgan fingerprint density at radius 2 is 1.92 bits per heavy atom. The van der Waals surface area contributed by atoms with Crippen LogP contribution in [-0.4, -0.2) is 29.1 Å². The van der Waals surface area contributed by atoms with Crippen LogP contribution in [-0.2, 0) is 5.75 Å². The van der Waals surface area contributed by atoms with E-state index < -0.39 is 0 Å². The monoisotopic (exact) mass is 414 g/mol. The molecule has 4 rings (SSSR count). The molecule has 0 fully saturated rings. The molecule has 6 nitrogen and oxygen atoms in total. The minimum atomic E-state index is 0.675. The maximum Gasteiger partial charge on any atom is 0.235 e. The summed E-state index contributed by atoms with van der Waals surface area (Å²) in [7, 11) is 0. The van der Waals surface area contributed by atoms with Crippen LogP contribution in [0.15, 0.2) is 52.5 Å². The molecule has 0 amide bonds. The van der Waals surface area contributed by atoms with E-state index in [9.17, 15) is 0 Å². The Hall–Kier alpha value is -2.19. The molecule has 0 aliphatic rings. The maximum atomic E-state index is 4.66. The standard InChI is InChI=1S/C17H15BrN6S/c1-11-8-12(2)24-15(18)14(21-16(24)20-11)9-25-17-22-19-10-23(17)13-6-4-3-5-7-13/h3-8,10H,9H2,1-2H3. The molecule has 0 radical (unpaired) electrons. The fraction of sp³-hybridized carbons (Fsp3) is 0.176. The van der Waals surface area contributed by atoms with Crippen LogP contribution in [0.1, 0.15) is 17.1 Å². The molecule has 0 aliphatic carbocycles. The van der Waals surface area contributed by atoms with Gasteiger partial charge >= 0.3 is 0 Å². The molecule has 0 atom stereocenters. The number of para-hydroxylation sites is 1. The summed E-state index contributed by atoms with van der Waals surface area (Å²) in [6.07, 6.45) is 1.73. The lowest BCUT2D eigenvalue weighted by molar-refractivity contribution is 0.883. The molecule has 3 heterocycles. The van der Waals surface area contributed by atoms with Crippen LogP contribution in [0.5, 0.6) is 0 Å². The van der Waals surface area contributed by atoms with Crippen molar-refractivity contribution in [3.05, 3.63) is 64.4 Å². The van der Waals surface area contributed by atoms with E-state index in [0.29, 0.717) is 11.5 Å². The Kier molecular flexibility index (Phi) is 4.30. The number of benzene rings is 1. The highest BCUT2D eigenvalue weighted by molar-refractivity contribution is 9.10. The largest absolute Gasteiger partial charge is 0.277 e. The zero-order valence-electron chi connectivity index (χ0n) is 13.7. The third kappa shape index (κ3) is 3.07. The predicted octanol–water partition coefficient (Wildman–Crippen LogP) is 3.98. The van der Waals surface area contributed by atoms with Gasteiger partial charge in [-0.25, -0.2) is 9.97 Å². The van der Waals surface area contributed by atoms with E-state index >= 15 is 0 Å². The average Bonchev–Trinajstić information content (AvgIpc) is 3.18. The van der Waals surface area contributed by atoms with Gasteiger partial charge in [-0.3, -0.25) is 8.97 Å². The van der Waals surface area contributed by atoms with Gasteiger partial charge in [-0.2, -0.15) is 0 Å². The van der Waals surface area contributed by atoms with Gasteiger partial charge in [0.05, 0.1) is 5.69 Å². The number of halogens is 1. The van der Waals surface area contributed by atoms with Crippen molar-refractivity contribution >= 4 is 33.5 Å². The van der Waals surface area contributed by atoms with Gasteiger partial charge in [0.2, 0.25) is 5.78 Å². The number of rotatable bonds is 4. The zero-order valence-corrected chi connectivity index (χ0v) is 16.1. The molecule has 0 unspecified atom stereocenters. The van der Waals surface area contributed by atoms with Crippen LogP contribution in [0.25, 0.3) is 11.5 Å². The molecular formula is C17H15BrN6S. The van der Waals surface area contributed by atoms with E-state index in [-0.39, 0.29) is 0 Å². The first-order valence-corrected chi connectivity index (χ1v) is 9.50. The Balaban J connectivity index is 1.63. The third-order valence-corrected chi connectivity index (χ3v) is 5.57. The van der Waals surface area contributed by atoms with Crippen LogP contribution >= 0.6 is 27.7 Å². The SMILES string of the molecule is Cc1cc(C)n2c(Br)c(CSc3nncn3-c3ccccc3)nc2n1. The molecule has 25 heavy (non-hydrogen) atoms. The molecule has 126 valence electrons. The zero-order chi connectivity index (χ0) is 17.4. The molecule has 8 heteroatoms. The fourth-order valence-corrected chi connectivity index (χ4v) is 4.41. The number of aryl methyl sites for hydroxylation is 2. The molecule has 0 saturated carbocycles. The van der Waals surface area contributed by atoms with Crippen molar-refractivity contribution in [1.29, 1.82) is 0 Å². The highest BCUT2D eigenvalue weighted by atomic mass is 79.9. The summed E-state index contributed by atoms with van der Waals surface area (Å²) in [5.74, 6) is 1.39. The topological polar surface area (TPSA) is 60.9 Å². The van der Waals surface area contributed by atoms with Crippen LogP contribution in [0.4, 0.5) is 0 Å². The van der Waals surface area contributed by atoms with Gasteiger partial charge in [0, 0.05) is 22.8 Å². The summed E-state index contributed by atoms with van der Waals surface area (Å²) in [5.41, 5.74) is 4.04. The van der Waals surface area contributed by atoms with E-state index in [0.717, 1.165) is 32.5 Å². The smallest absolute Gasteiger partial charge is 0.235 e. The van der Waals surface area contributed by atoms with Gasteiger partial charge in [0.25, 0.3) is 0 Å². The molecule has 0 saturated heterocycles. The van der Waals surface area contributed by atoms with Crippen molar-refractivity contribution < 1.29 is 0 Å². The van der Waals surface area contributed by atoms with Crippen molar-refractivity contribution in [1.82, 2.24) is 29.1 Å². The average molecular weight is 415 g/mol. The summed E-state index contributed by atoms with van der Waals surface area (Å²) in [4.78, 5) is 9.17. The van der Waals surface area contributed by atoms with Crippen molar-refractivity contribution in [2.24, 2.45) is 0 Å². The highest BCUT2D eigenvalue weighted by Gasteiger charge is 2.15. The van der Waals surface area contributed by atoms with Crippen molar-refractivity contribution in [2.45, 2.75) is 24.8 Å². The van der Waals surface area contributed by atoms with Crippen LogP contribution in [0.2, 0.25) is 0 Å². The van der Waals surface area contributed by atoms with Crippen molar-refractivity contribution in [3.8, 4) is 5.69 Å². The molecular weight excluding hydrogens is 400 g/mol. The number of hydrogen-bond donors (Lipinski definition) is 0. The number of hydrogen-bond acceptors (Lipinski definition) is 5. The van der Waals surface area contributed by atoms with Crippen LogP contribution in [0.3, 0.4) is 0 Å². The Morgan fingerprint density at radius 1 is 1.12 bits per heavy atom. The summed E-state index contributed by atoms with van der Waals surface area (Å²) in [6, 6.07) is 12.1. The Morgan fingerprint density at radius 3 is 2.72 bits per heavy atom. The Labute approximate surface area is 157 Å². The number of thioether (sulfide) groups is 1. The molecule has 1 aromatic carbocycles. The van der Waals surface area contributed by atoms with Crippen molar-refractivity contribution in [3.63, 3.8) is 0 Å². The highest BCUT2D eigenvalue weighted by Crippen LogP contribution is 2.28. The normalized spacial score (nSPS) is 11.3. The summed E-state index contributed by atoms with van der Waals surface area (Å²) < 4.78 is 4.93. The van der Waals surface area contributed by atoms with E-state index in [1.807, 2.05) is 52.3 Å². The predicted molar refractivity (Wildman–Crippen MR) is 101 cm³/mol. The number of nitrogens with zero attached hydrogens (tertiary/aromatic N) is 6. The first-order chi connectivity index (χ1) is 12.1. The quantitative estimate of drug-likeness (QED) is 0.472. The molecule has 0 bridgehead atoms. The van der Waals surface area contributed by atoms with Gasteiger partial charge < -0.3 is 0 Å². The number of aromatic nitrogens is 6. The fourth-order valence-electron chi connectivity index (χ4n) is 2.69. The third-order valence-electron chi connectivity index (χ3n) is 3.81. The lowest BCUT2D eigenvalue weighted by atomic mass is 10.3. The van der Waals surface area contributed by atoms with Gasteiger partial charge in [-0.05, 0) is 48.0 Å². The first kappa shape index (κ1) is 16.3.